The van der Waals surface area contributed by atoms with Crippen molar-refractivity contribution in [2.75, 3.05) is 45.1 Å². The number of piperazine rings is 1. The van der Waals surface area contributed by atoms with Gasteiger partial charge in [-0.2, -0.15) is 4.31 Å². The van der Waals surface area contributed by atoms with Crippen LogP contribution in [0.4, 0.5) is 0 Å². The van der Waals surface area contributed by atoms with Crippen LogP contribution in [0.2, 0.25) is 0 Å². The Hall–Kier alpha value is -0.170. The van der Waals surface area contributed by atoms with Crippen LogP contribution in [-0.4, -0.2) is 67.8 Å². The number of hydrogen-bond donors (Lipinski definition) is 1. The van der Waals surface area contributed by atoms with E-state index in [1.165, 1.54) is 0 Å². The maximum Gasteiger partial charge on any atom is 0.214 e. The molecule has 1 aliphatic rings. The Morgan fingerprint density at radius 3 is 2.19 bits per heavy atom. The molecule has 6 heteroatoms. The molecule has 1 aliphatic heterocycles. The molecule has 0 atom stereocenters. The molecule has 0 saturated carbocycles. The second-order valence-corrected chi connectivity index (χ2v) is 6.65. The Morgan fingerprint density at radius 2 is 1.75 bits per heavy atom. The lowest BCUT2D eigenvalue weighted by atomic mass is 10.3. The van der Waals surface area contributed by atoms with Gasteiger partial charge in [0.1, 0.15) is 0 Å². The smallest absolute Gasteiger partial charge is 0.214 e. The van der Waals surface area contributed by atoms with Crippen LogP contribution in [0, 0.1) is 5.92 Å². The zero-order chi connectivity index (χ0) is 12.2. The molecule has 0 aromatic carbocycles. The van der Waals surface area contributed by atoms with Crippen molar-refractivity contribution >= 4 is 10.0 Å². The Bertz CT molecular complexity index is 295. The van der Waals surface area contributed by atoms with Crippen molar-refractivity contribution in [1.82, 2.24) is 9.21 Å². The fourth-order valence-corrected chi connectivity index (χ4v) is 3.67. The van der Waals surface area contributed by atoms with Crippen LogP contribution in [0.25, 0.3) is 0 Å². The first kappa shape index (κ1) is 13.9. The van der Waals surface area contributed by atoms with Crippen LogP contribution >= 0.6 is 0 Å². The number of sulfonamides is 1. The molecule has 0 aliphatic carbocycles. The predicted molar refractivity (Wildman–Crippen MR) is 63.7 cm³/mol. The molecule has 0 amide bonds. The van der Waals surface area contributed by atoms with E-state index in [9.17, 15) is 8.42 Å². The second-order valence-electron chi connectivity index (χ2n) is 4.64. The van der Waals surface area contributed by atoms with E-state index in [-0.39, 0.29) is 18.3 Å². The summed E-state index contributed by atoms with van der Waals surface area (Å²) in [6.07, 6.45) is 0. The van der Waals surface area contributed by atoms with Gasteiger partial charge in [-0.15, -0.1) is 0 Å². The van der Waals surface area contributed by atoms with Crippen molar-refractivity contribution in [3.8, 4) is 0 Å². The molecule has 0 spiro atoms. The zero-order valence-electron chi connectivity index (χ0n) is 10.1. The molecule has 1 fully saturated rings. The minimum atomic E-state index is -3.08. The van der Waals surface area contributed by atoms with Crippen molar-refractivity contribution in [2.45, 2.75) is 13.8 Å². The monoisotopic (exact) mass is 250 g/mol. The lowest BCUT2D eigenvalue weighted by Crippen LogP contribution is -2.50. The lowest BCUT2D eigenvalue weighted by Gasteiger charge is -2.33. The third kappa shape index (κ3) is 4.01. The quantitative estimate of drug-likeness (QED) is 0.720. The highest BCUT2D eigenvalue weighted by atomic mass is 32.2. The Balaban J connectivity index is 2.47. The first-order valence-electron chi connectivity index (χ1n) is 5.76. The molecule has 96 valence electrons. The third-order valence-corrected chi connectivity index (χ3v) is 4.92. The molecule has 5 nitrogen and oxygen atoms in total. The van der Waals surface area contributed by atoms with Gasteiger partial charge in [-0.25, -0.2) is 8.42 Å². The van der Waals surface area contributed by atoms with Crippen molar-refractivity contribution < 1.29 is 13.5 Å². The molecule has 0 radical (unpaired) electrons. The maximum absolute atomic E-state index is 11.9. The second kappa shape index (κ2) is 5.95. The summed E-state index contributed by atoms with van der Waals surface area (Å²) in [6, 6.07) is 0. The van der Waals surface area contributed by atoms with Crippen LogP contribution in [0.5, 0.6) is 0 Å². The average molecular weight is 250 g/mol. The van der Waals surface area contributed by atoms with Crippen molar-refractivity contribution in [3.05, 3.63) is 0 Å². The third-order valence-electron chi connectivity index (χ3n) is 2.68. The van der Waals surface area contributed by atoms with Crippen molar-refractivity contribution in [2.24, 2.45) is 5.92 Å². The number of nitrogens with zero attached hydrogens (tertiary/aromatic N) is 2. The van der Waals surface area contributed by atoms with Gasteiger partial charge in [-0.05, 0) is 5.92 Å². The Labute approximate surface area is 98.1 Å². The highest BCUT2D eigenvalue weighted by molar-refractivity contribution is 7.89. The number of aliphatic hydroxyl groups excluding tert-OH is 1. The normalized spacial score (nSPS) is 20.5. The van der Waals surface area contributed by atoms with Gasteiger partial charge in [0.15, 0.2) is 0 Å². The van der Waals surface area contributed by atoms with Gasteiger partial charge < -0.3 is 5.11 Å². The van der Waals surface area contributed by atoms with Crippen molar-refractivity contribution in [3.63, 3.8) is 0 Å². The molecular formula is C10H22N2O3S. The summed E-state index contributed by atoms with van der Waals surface area (Å²) in [4.78, 5) is 2.08. The van der Waals surface area contributed by atoms with E-state index in [1.54, 1.807) is 4.31 Å². The Kier molecular flexibility index (Phi) is 5.17. The first-order valence-corrected chi connectivity index (χ1v) is 7.37. The summed E-state index contributed by atoms with van der Waals surface area (Å²) in [5.41, 5.74) is 0. The fourth-order valence-electron chi connectivity index (χ4n) is 1.90. The first-order chi connectivity index (χ1) is 7.45. The van der Waals surface area contributed by atoms with Crippen LogP contribution in [-0.2, 0) is 10.0 Å². The van der Waals surface area contributed by atoms with Crippen LogP contribution in [0.1, 0.15) is 13.8 Å². The number of β-amino-alcohol motifs (C(OH)–C–C–N with tert-alkyl or cyclic N) is 1. The summed E-state index contributed by atoms with van der Waals surface area (Å²) in [6.45, 7) is 7.15. The highest BCUT2D eigenvalue weighted by Gasteiger charge is 2.26. The molecule has 1 rings (SSSR count). The summed E-state index contributed by atoms with van der Waals surface area (Å²) in [7, 11) is -3.08. The van der Waals surface area contributed by atoms with E-state index in [4.69, 9.17) is 5.11 Å². The molecule has 0 bridgehead atoms. The topological polar surface area (TPSA) is 60.9 Å². The lowest BCUT2D eigenvalue weighted by molar-refractivity contribution is 0.151. The molecule has 0 aromatic heterocycles. The molecule has 16 heavy (non-hydrogen) atoms. The SMILES string of the molecule is CC(C)CS(=O)(=O)N1CCN(CCO)CC1. The van der Waals surface area contributed by atoms with Gasteiger partial charge in [0, 0.05) is 32.7 Å². The fraction of sp³-hybridized carbons (Fsp3) is 1.00. The molecular weight excluding hydrogens is 228 g/mol. The summed E-state index contributed by atoms with van der Waals surface area (Å²) < 4.78 is 25.4. The molecule has 0 aromatic rings. The Morgan fingerprint density at radius 1 is 1.19 bits per heavy atom. The van der Waals surface area contributed by atoms with Crippen LogP contribution in [0.15, 0.2) is 0 Å². The molecule has 1 N–H and O–H groups in total. The molecule has 0 unspecified atom stereocenters. The van der Waals surface area contributed by atoms with Gasteiger partial charge >= 0.3 is 0 Å². The van der Waals surface area contributed by atoms with Crippen molar-refractivity contribution in [1.29, 1.82) is 0 Å². The van der Waals surface area contributed by atoms with E-state index < -0.39 is 10.0 Å². The highest BCUT2D eigenvalue weighted by Crippen LogP contribution is 2.10. The van der Waals surface area contributed by atoms with E-state index in [0.717, 1.165) is 13.1 Å². The van der Waals surface area contributed by atoms with Crippen LogP contribution in [0.3, 0.4) is 0 Å². The van der Waals surface area contributed by atoms with E-state index in [2.05, 4.69) is 4.90 Å². The van der Waals surface area contributed by atoms with E-state index in [0.29, 0.717) is 19.6 Å². The van der Waals surface area contributed by atoms with E-state index in [1.807, 2.05) is 13.8 Å². The minimum absolute atomic E-state index is 0.138. The molecule has 1 saturated heterocycles. The largest absolute Gasteiger partial charge is 0.395 e. The van der Waals surface area contributed by atoms with Gasteiger partial charge in [0.2, 0.25) is 10.0 Å². The maximum atomic E-state index is 11.9. The average Bonchev–Trinajstić information content (AvgIpc) is 2.17. The summed E-state index contributed by atoms with van der Waals surface area (Å²) >= 11 is 0. The van der Waals surface area contributed by atoms with Gasteiger partial charge in [0.25, 0.3) is 0 Å². The van der Waals surface area contributed by atoms with Gasteiger partial charge in [-0.3, -0.25) is 4.90 Å². The number of aliphatic hydroxyl groups is 1. The molecule has 1 heterocycles. The van der Waals surface area contributed by atoms with Gasteiger partial charge in [-0.1, -0.05) is 13.8 Å². The zero-order valence-corrected chi connectivity index (χ0v) is 10.9. The van der Waals surface area contributed by atoms with Gasteiger partial charge in [0.05, 0.1) is 12.4 Å². The standard InChI is InChI=1S/C10H22N2O3S/c1-10(2)9-16(14,15)12-5-3-11(4-6-12)7-8-13/h10,13H,3-9H2,1-2H3. The summed E-state index contributed by atoms with van der Waals surface area (Å²) in [5.74, 6) is 0.396. The van der Waals surface area contributed by atoms with E-state index >= 15 is 0 Å². The predicted octanol–water partition coefficient (Wildman–Crippen LogP) is -0.418. The summed E-state index contributed by atoms with van der Waals surface area (Å²) in [5, 5.41) is 8.79. The number of hydrogen-bond acceptors (Lipinski definition) is 4. The number of rotatable bonds is 5. The van der Waals surface area contributed by atoms with Crippen LogP contribution < -0.4 is 0 Å². The minimum Gasteiger partial charge on any atom is -0.395 e.